The van der Waals surface area contributed by atoms with Crippen LogP contribution in [0.2, 0.25) is 5.02 Å². The molecule has 0 saturated heterocycles. The second-order valence-electron chi connectivity index (χ2n) is 6.26. The zero-order valence-corrected chi connectivity index (χ0v) is 17.4. The summed E-state index contributed by atoms with van der Waals surface area (Å²) in [7, 11) is 1.29. The van der Waals surface area contributed by atoms with Crippen molar-refractivity contribution in [1.82, 2.24) is 14.8 Å². The van der Waals surface area contributed by atoms with E-state index in [1.165, 1.54) is 24.9 Å². The lowest BCUT2D eigenvalue weighted by molar-refractivity contribution is -0.113. The summed E-state index contributed by atoms with van der Waals surface area (Å²) >= 11 is 7.42. The molecule has 0 atom stereocenters. The van der Waals surface area contributed by atoms with Crippen LogP contribution in [-0.2, 0) is 22.5 Å². The van der Waals surface area contributed by atoms with Crippen molar-refractivity contribution >= 4 is 40.9 Å². The van der Waals surface area contributed by atoms with Crippen molar-refractivity contribution in [3.8, 4) is 0 Å². The highest BCUT2D eigenvalue weighted by Gasteiger charge is 2.15. The summed E-state index contributed by atoms with van der Waals surface area (Å²) in [5, 5.41) is 12.2. The van der Waals surface area contributed by atoms with Crippen LogP contribution in [0.15, 0.2) is 23.4 Å². The van der Waals surface area contributed by atoms with Crippen LogP contribution in [-0.4, -0.2) is 39.5 Å². The smallest absolute Gasteiger partial charge is 0.337 e. The van der Waals surface area contributed by atoms with Gasteiger partial charge >= 0.3 is 5.97 Å². The van der Waals surface area contributed by atoms with Gasteiger partial charge in [0.05, 0.1) is 29.1 Å². The fourth-order valence-corrected chi connectivity index (χ4v) is 3.43. The quantitative estimate of drug-likeness (QED) is 0.527. The van der Waals surface area contributed by atoms with Gasteiger partial charge in [0.15, 0.2) is 5.16 Å². The van der Waals surface area contributed by atoms with Crippen molar-refractivity contribution in [3.63, 3.8) is 0 Å². The largest absolute Gasteiger partial charge is 0.465 e. The number of anilines is 1. The Bertz CT molecular complexity index is 823. The number of hydrogen-bond acceptors (Lipinski definition) is 6. The Hall–Kier alpha value is -2.06. The van der Waals surface area contributed by atoms with Crippen LogP contribution < -0.4 is 5.32 Å². The third kappa shape index (κ3) is 5.71. The highest BCUT2D eigenvalue weighted by molar-refractivity contribution is 7.99. The first kappa shape index (κ1) is 21.2. The SMILES string of the molecule is CCn1c(CC(C)C)nnc1SCC(=O)Nc1cc(C(=O)OC)ccc1Cl. The Morgan fingerprint density at radius 3 is 2.70 bits per heavy atom. The Balaban J connectivity index is 2.03. The molecule has 0 fully saturated rings. The second kappa shape index (κ2) is 9.75. The molecule has 0 bridgehead atoms. The minimum atomic E-state index is -0.495. The number of esters is 1. The Kier molecular flexibility index (Phi) is 7.67. The van der Waals surface area contributed by atoms with Gasteiger partial charge in [-0.25, -0.2) is 4.79 Å². The Morgan fingerprint density at radius 1 is 1.33 bits per heavy atom. The van der Waals surface area contributed by atoms with Gasteiger partial charge in [-0.05, 0) is 31.0 Å². The number of ether oxygens (including phenoxy) is 1. The van der Waals surface area contributed by atoms with E-state index in [-0.39, 0.29) is 11.7 Å². The molecule has 1 heterocycles. The predicted molar refractivity (Wildman–Crippen MR) is 106 cm³/mol. The summed E-state index contributed by atoms with van der Waals surface area (Å²) in [4.78, 5) is 23.9. The number of rotatable bonds is 8. The molecule has 27 heavy (non-hydrogen) atoms. The van der Waals surface area contributed by atoms with Gasteiger partial charge in [0.1, 0.15) is 5.82 Å². The van der Waals surface area contributed by atoms with Gasteiger partial charge in [-0.1, -0.05) is 37.2 Å². The van der Waals surface area contributed by atoms with Gasteiger partial charge in [-0.15, -0.1) is 10.2 Å². The summed E-state index contributed by atoms with van der Waals surface area (Å²) in [5.41, 5.74) is 0.677. The number of hydrogen-bond donors (Lipinski definition) is 1. The van der Waals surface area contributed by atoms with E-state index in [0.717, 1.165) is 18.8 Å². The van der Waals surface area contributed by atoms with Crippen LogP contribution in [0.3, 0.4) is 0 Å². The van der Waals surface area contributed by atoms with Crippen LogP contribution >= 0.6 is 23.4 Å². The molecule has 0 aliphatic rings. The van der Waals surface area contributed by atoms with Crippen LogP contribution in [0.25, 0.3) is 0 Å². The van der Waals surface area contributed by atoms with Crippen molar-refractivity contribution < 1.29 is 14.3 Å². The van der Waals surface area contributed by atoms with E-state index in [9.17, 15) is 9.59 Å². The fraction of sp³-hybridized carbons (Fsp3) is 0.444. The lowest BCUT2D eigenvalue weighted by Crippen LogP contribution is -2.16. The Labute approximate surface area is 167 Å². The first-order valence-corrected chi connectivity index (χ1v) is 9.94. The summed E-state index contributed by atoms with van der Waals surface area (Å²) in [6.07, 6.45) is 0.837. The molecule has 1 aromatic carbocycles. The molecule has 0 radical (unpaired) electrons. The summed E-state index contributed by atoms with van der Waals surface area (Å²) in [5.74, 6) is 0.804. The maximum absolute atomic E-state index is 12.3. The number of amides is 1. The molecular formula is C18H23ClN4O3S. The lowest BCUT2D eigenvalue weighted by Gasteiger charge is -2.10. The molecule has 7 nitrogen and oxygen atoms in total. The zero-order valence-electron chi connectivity index (χ0n) is 15.8. The fourth-order valence-electron chi connectivity index (χ4n) is 2.44. The number of aromatic nitrogens is 3. The molecule has 0 unspecified atom stereocenters. The average molecular weight is 411 g/mol. The van der Waals surface area contributed by atoms with Gasteiger partial charge in [0, 0.05) is 13.0 Å². The first-order valence-electron chi connectivity index (χ1n) is 8.58. The van der Waals surface area contributed by atoms with Crippen LogP contribution in [0.1, 0.15) is 37.0 Å². The first-order chi connectivity index (χ1) is 12.8. The lowest BCUT2D eigenvalue weighted by atomic mass is 10.1. The van der Waals surface area contributed by atoms with Gasteiger partial charge in [0.25, 0.3) is 0 Å². The van der Waals surface area contributed by atoms with Crippen molar-refractivity contribution in [2.75, 3.05) is 18.2 Å². The average Bonchev–Trinajstić information content (AvgIpc) is 3.01. The predicted octanol–water partition coefficient (Wildman–Crippen LogP) is 3.67. The number of thioether (sulfide) groups is 1. The standard InChI is InChI=1S/C18H23ClN4O3S/c1-5-23-15(8-11(2)3)21-22-18(23)27-10-16(24)20-14-9-12(17(25)26-4)6-7-13(14)19/h6-7,9,11H,5,8,10H2,1-4H3,(H,20,24). The van der Waals surface area contributed by atoms with E-state index in [0.29, 0.717) is 27.3 Å². The minimum absolute atomic E-state index is 0.151. The van der Waals surface area contributed by atoms with Crippen molar-refractivity contribution in [2.45, 2.75) is 38.9 Å². The highest BCUT2D eigenvalue weighted by atomic mass is 35.5. The molecule has 2 aromatic rings. The van der Waals surface area contributed by atoms with E-state index < -0.39 is 5.97 Å². The van der Waals surface area contributed by atoms with Gasteiger partial charge < -0.3 is 14.6 Å². The van der Waals surface area contributed by atoms with E-state index in [1.54, 1.807) is 12.1 Å². The van der Waals surface area contributed by atoms with Crippen LogP contribution in [0.4, 0.5) is 5.69 Å². The van der Waals surface area contributed by atoms with E-state index in [1.807, 2.05) is 11.5 Å². The van der Waals surface area contributed by atoms with Gasteiger partial charge in [-0.3, -0.25) is 4.79 Å². The summed E-state index contributed by atoms with van der Waals surface area (Å²) < 4.78 is 6.70. The number of nitrogens with one attached hydrogen (secondary N) is 1. The molecule has 0 aliphatic heterocycles. The number of halogens is 1. The van der Waals surface area contributed by atoms with Gasteiger partial charge in [0.2, 0.25) is 5.91 Å². The van der Waals surface area contributed by atoms with E-state index >= 15 is 0 Å². The number of carbonyl (C=O) groups is 2. The maximum atomic E-state index is 12.3. The molecule has 1 aromatic heterocycles. The molecule has 1 amide bonds. The molecule has 0 saturated carbocycles. The third-order valence-corrected chi connectivity index (χ3v) is 4.99. The molecular weight excluding hydrogens is 388 g/mol. The maximum Gasteiger partial charge on any atom is 0.337 e. The highest BCUT2D eigenvalue weighted by Crippen LogP contribution is 2.24. The van der Waals surface area contributed by atoms with E-state index in [2.05, 4.69) is 34.1 Å². The Morgan fingerprint density at radius 2 is 2.07 bits per heavy atom. The normalized spacial score (nSPS) is 10.9. The molecule has 9 heteroatoms. The van der Waals surface area contributed by atoms with E-state index in [4.69, 9.17) is 11.6 Å². The molecule has 1 N–H and O–H groups in total. The van der Waals surface area contributed by atoms with Crippen LogP contribution in [0.5, 0.6) is 0 Å². The molecule has 2 rings (SSSR count). The molecule has 0 aliphatic carbocycles. The number of methoxy groups -OCH3 is 1. The zero-order chi connectivity index (χ0) is 20.0. The van der Waals surface area contributed by atoms with Crippen molar-refractivity contribution in [3.05, 3.63) is 34.6 Å². The number of carbonyl (C=O) groups excluding carboxylic acids is 2. The molecule has 146 valence electrons. The molecule has 0 spiro atoms. The number of nitrogens with zero attached hydrogens (tertiary/aromatic N) is 3. The monoisotopic (exact) mass is 410 g/mol. The second-order valence-corrected chi connectivity index (χ2v) is 7.61. The van der Waals surface area contributed by atoms with Crippen molar-refractivity contribution in [1.29, 1.82) is 0 Å². The van der Waals surface area contributed by atoms with Crippen molar-refractivity contribution in [2.24, 2.45) is 5.92 Å². The van der Waals surface area contributed by atoms with Crippen LogP contribution in [0, 0.1) is 5.92 Å². The summed E-state index contributed by atoms with van der Waals surface area (Å²) in [6.45, 7) is 7.02. The van der Waals surface area contributed by atoms with Gasteiger partial charge in [-0.2, -0.15) is 0 Å². The number of benzene rings is 1. The minimum Gasteiger partial charge on any atom is -0.465 e. The third-order valence-electron chi connectivity index (χ3n) is 3.69. The summed E-state index contributed by atoms with van der Waals surface area (Å²) in [6, 6.07) is 4.58. The topological polar surface area (TPSA) is 86.1 Å².